The zero-order valence-corrected chi connectivity index (χ0v) is 14.8. The van der Waals surface area contributed by atoms with E-state index >= 15 is 0 Å². The Balaban J connectivity index is 2.12. The van der Waals surface area contributed by atoms with E-state index in [-0.39, 0.29) is 16.2 Å². The molecule has 2 aromatic heterocycles. The Labute approximate surface area is 149 Å². The largest absolute Gasteiger partial charge is 0.495 e. The molecule has 0 spiro atoms. The number of nitrogens with zero attached hydrogens (tertiary/aromatic N) is 3. The summed E-state index contributed by atoms with van der Waals surface area (Å²) in [6, 6.07) is 9.18. The Morgan fingerprint density at radius 3 is 2.58 bits per heavy atom. The molecule has 0 fully saturated rings. The van der Waals surface area contributed by atoms with Gasteiger partial charge >= 0.3 is 5.97 Å². The van der Waals surface area contributed by atoms with E-state index in [9.17, 15) is 13.2 Å². The summed E-state index contributed by atoms with van der Waals surface area (Å²) in [7, 11) is -2.04. The van der Waals surface area contributed by atoms with Gasteiger partial charge in [0.1, 0.15) is 10.6 Å². The van der Waals surface area contributed by atoms with Crippen molar-refractivity contribution in [3.8, 4) is 22.8 Å². The molecule has 0 aliphatic heterocycles. The molecule has 3 rings (SSSR count). The van der Waals surface area contributed by atoms with Crippen LogP contribution >= 0.6 is 0 Å². The normalized spacial score (nSPS) is 11.3. The van der Waals surface area contributed by atoms with Crippen LogP contribution in [0.5, 0.6) is 5.75 Å². The highest BCUT2D eigenvalue weighted by Gasteiger charge is 2.17. The minimum atomic E-state index is -3.43. The van der Waals surface area contributed by atoms with Gasteiger partial charge in [-0.05, 0) is 30.3 Å². The number of methoxy groups -OCH3 is 1. The molecule has 0 aliphatic carbocycles. The molecule has 0 atom stereocenters. The summed E-state index contributed by atoms with van der Waals surface area (Å²) in [6.45, 7) is 0. The molecule has 134 valence electrons. The highest BCUT2D eigenvalue weighted by molar-refractivity contribution is 7.90. The van der Waals surface area contributed by atoms with E-state index in [4.69, 9.17) is 9.84 Å². The summed E-state index contributed by atoms with van der Waals surface area (Å²) in [4.78, 5) is 15.4. The van der Waals surface area contributed by atoms with Gasteiger partial charge in [0.05, 0.1) is 24.6 Å². The van der Waals surface area contributed by atoms with Gasteiger partial charge in [-0.2, -0.15) is 5.10 Å². The van der Waals surface area contributed by atoms with Gasteiger partial charge in [0.15, 0.2) is 15.7 Å². The number of hydrogen-bond donors (Lipinski definition) is 1. The van der Waals surface area contributed by atoms with Crippen LogP contribution in [0, 0.1) is 0 Å². The third kappa shape index (κ3) is 3.29. The molecule has 0 radical (unpaired) electrons. The zero-order chi connectivity index (χ0) is 18.9. The van der Waals surface area contributed by atoms with Crippen LogP contribution in [0.2, 0.25) is 0 Å². The topological polar surface area (TPSA) is 111 Å². The number of carbonyl (C=O) groups is 1. The van der Waals surface area contributed by atoms with Gasteiger partial charge in [-0.25, -0.2) is 22.9 Å². The number of benzene rings is 1. The summed E-state index contributed by atoms with van der Waals surface area (Å²) >= 11 is 0. The van der Waals surface area contributed by atoms with Crippen molar-refractivity contribution in [2.45, 2.75) is 4.90 Å². The number of hydrogen-bond acceptors (Lipinski definition) is 6. The average Bonchev–Trinajstić information content (AvgIpc) is 3.10. The van der Waals surface area contributed by atoms with Crippen molar-refractivity contribution in [1.29, 1.82) is 0 Å². The maximum atomic E-state index is 11.8. The molecule has 0 saturated heterocycles. The molecule has 0 amide bonds. The van der Waals surface area contributed by atoms with Crippen LogP contribution in [0.15, 0.2) is 53.7 Å². The number of carboxylic acid groups (broad SMARTS) is 1. The number of carboxylic acids is 1. The summed E-state index contributed by atoms with van der Waals surface area (Å²) in [5.41, 5.74) is 1.34. The highest BCUT2D eigenvalue weighted by Crippen LogP contribution is 2.30. The van der Waals surface area contributed by atoms with Crippen LogP contribution in [0.4, 0.5) is 0 Å². The maximum absolute atomic E-state index is 11.8. The number of rotatable bonds is 5. The quantitative estimate of drug-likeness (QED) is 0.728. The SMILES string of the molecule is COc1cc(-c2ccnn2-c2cc(C(=O)O)ccn2)ccc1S(C)(=O)=O. The molecule has 8 nitrogen and oxygen atoms in total. The van der Waals surface area contributed by atoms with E-state index in [1.165, 1.54) is 36.2 Å². The van der Waals surface area contributed by atoms with Crippen molar-refractivity contribution in [2.75, 3.05) is 13.4 Å². The minimum Gasteiger partial charge on any atom is -0.495 e. The van der Waals surface area contributed by atoms with Gasteiger partial charge in [-0.15, -0.1) is 0 Å². The molecule has 0 saturated carbocycles. The summed E-state index contributed by atoms with van der Waals surface area (Å²) in [5.74, 6) is -0.525. The molecular weight excluding hydrogens is 358 g/mol. The van der Waals surface area contributed by atoms with Gasteiger partial charge in [0, 0.05) is 18.0 Å². The predicted octanol–water partition coefficient (Wildman–Crippen LogP) is 2.04. The second-order valence-electron chi connectivity index (χ2n) is 5.47. The molecule has 9 heteroatoms. The first kappa shape index (κ1) is 17.6. The lowest BCUT2D eigenvalue weighted by Crippen LogP contribution is -2.05. The lowest BCUT2D eigenvalue weighted by Gasteiger charge is -2.11. The van der Waals surface area contributed by atoms with Gasteiger partial charge in [0.25, 0.3) is 0 Å². The van der Waals surface area contributed by atoms with Crippen molar-refractivity contribution in [3.63, 3.8) is 0 Å². The van der Waals surface area contributed by atoms with Crippen LogP contribution in [0.1, 0.15) is 10.4 Å². The standard InChI is InChI=1S/C17H15N3O5S/c1-25-14-9-11(3-4-15(14)26(2,23)24)13-6-8-19-20(13)16-10-12(17(21)22)5-7-18-16/h3-10H,1-2H3,(H,21,22). The van der Waals surface area contributed by atoms with E-state index in [2.05, 4.69) is 10.1 Å². The fourth-order valence-corrected chi connectivity index (χ4v) is 3.33. The van der Waals surface area contributed by atoms with E-state index in [0.717, 1.165) is 6.26 Å². The third-order valence-corrected chi connectivity index (χ3v) is 4.85. The van der Waals surface area contributed by atoms with Crippen molar-refractivity contribution in [1.82, 2.24) is 14.8 Å². The van der Waals surface area contributed by atoms with Gasteiger partial charge in [-0.3, -0.25) is 0 Å². The molecule has 1 aromatic carbocycles. The van der Waals surface area contributed by atoms with E-state index in [0.29, 0.717) is 17.1 Å². The van der Waals surface area contributed by atoms with Crippen LogP contribution in [-0.4, -0.2) is 47.6 Å². The van der Waals surface area contributed by atoms with Crippen LogP contribution in [0.3, 0.4) is 0 Å². The predicted molar refractivity (Wildman–Crippen MR) is 93.4 cm³/mol. The van der Waals surface area contributed by atoms with Gasteiger partial charge in [0.2, 0.25) is 0 Å². The molecule has 26 heavy (non-hydrogen) atoms. The average molecular weight is 373 g/mol. The van der Waals surface area contributed by atoms with E-state index < -0.39 is 15.8 Å². The lowest BCUT2D eigenvalue weighted by molar-refractivity contribution is 0.0696. The van der Waals surface area contributed by atoms with E-state index in [1.807, 2.05) is 0 Å². The zero-order valence-electron chi connectivity index (χ0n) is 13.9. The Morgan fingerprint density at radius 1 is 1.15 bits per heavy atom. The van der Waals surface area contributed by atoms with Crippen molar-refractivity contribution in [3.05, 3.63) is 54.4 Å². The Hall–Kier alpha value is -3.20. The fraction of sp³-hybridized carbons (Fsp3) is 0.118. The first-order valence-electron chi connectivity index (χ1n) is 7.43. The summed E-state index contributed by atoms with van der Waals surface area (Å²) in [6.07, 6.45) is 4.04. The van der Waals surface area contributed by atoms with E-state index in [1.54, 1.807) is 24.4 Å². The highest BCUT2D eigenvalue weighted by atomic mass is 32.2. The summed E-state index contributed by atoms with van der Waals surface area (Å²) < 4.78 is 30.4. The molecular formula is C17H15N3O5S. The molecule has 1 N–H and O–H groups in total. The molecule has 2 heterocycles. The number of aromatic nitrogens is 3. The number of sulfone groups is 1. The molecule has 0 aliphatic rings. The third-order valence-electron chi connectivity index (χ3n) is 3.71. The maximum Gasteiger partial charge on any atom is 0.335 e. The number of ether oxygens (including phenoxy) is 1. The number of aromatic carboxylic acids is 1. The van der Waals surface area contributed by atoms with Crippen molar-refractivity contribution >= 4 is 15.8 Å². The lowest BCUT2D eigenvalue weighted by atomic mass is 10.1. The minimum absolute atomic E-state index is 0.0841. The molecule has 0 bridgehead atoms. The Morgan fingerprint density at radius 2 is 1.92 bits per heavy atom. The second-order valence-corrected chi connectivity index (χ2v) is 7.46. The van der Waals surface area contributed by atoms with Crippen LogP contribution in [0.25, 0.3) is 17.1 Å². The van der Waals surface area contributed by atoms with Crippen molar-refractivity contribution < 1.29 is 23.1 Å². The second kappa shape index (κ2) is 6.60. The fourth-order valence-electron chi connectivity index (χ4n) is 2.50. The monoisotopic (exact) mass is 373 g/mol. The first-order chi connectivity index (χ1) is 12.3. The number of pyridine rings is 1. The van der Waals surface area contributed by atoms with Crippen LogP contribution < -0.4 is 4.74 Å². The Kier molecular flexibility index (Phi) is 4.47. The van der Waals surface area contributed by atoms with Gasteiger partial charge < -0.3 is 9.84 Å². The Bertz CT molecular complexity index is 1090. The van der Waals surface area contributed by atoms with Crippen molar-refractivity contribution in [2.24, 2.45) is 0 Å². The summed E-state index contributed by atoms with van der Waals surface area (Å²) in [5, 5.41) is 13.3. The molecule has 3 aromatic rings. The smallest absolute Gasteiger partial charge is 0.335 e. The van der Waals surface area contributed by atoms with Gasteiger partial charge in [-0.1, -0.05) is 6.07 Å². The molecule has 0 unspecified atom stereocenters. The first-order valence-corrected chi connectivity index (χ1v) is 9.32. The van der Waals surface area contributed by atoms with Crippen LogP contribution in [-0.2, 0) is 9.84 Å².